The molecule has 15 heavy (non-hydrogen) atoms. The van der Waals surface area contributed by atoms with E-state index in [1.165, 1.54) is 0 Å². The van der Waals surface area contributed by atoms with Crippen molar-refractivity contribution in [1.82, 2.24) is 0 Å². The van der Waals surface area contributed by atoms with E-state index in [2.05, 4.69) is 40.7 Å². The van der Waals surface area contributed by atoms with Crippen LogP contribution in [0.25, 0.3) is 0 Å². The Balaban J connectivity index is 3.15. The lowest BCUT2D eigenvalue weighted by Gasteiger charge is -2.27. The first-order valence-electron chi connectivity index (χ1n) is 5.03. The molecule has 0 spiro atoms. The second-order valence-electron chi connectivity index (χ2n) is 3.61. The Morgan fingerprint density at radius 3 is 2.73 bits per heavy atom. The summed E-state index contributed by atoms with van der Waals surface area (Å²) in [7, 11) is 2.02. The third-order valence-electron chi connectivity index (χ3n) is 2.74. The monoisotopic (exact) mass is 266 g/mol. The molecule has 80 valence electrons. The number of nitrogens with zero attached hydrogens (tertiary/aromatic N) is 2. The molecule has 0 saturated carbocycles. The highest BCUT2D eigenvalue weighted by Crippen LogP contribution is 2.27. The fourth-order valence-electron chi connectivity index (χ4n) is 1.43. The van der Waals surface area contributed by atoms with Crippen molar-refractivity contribution in [2.45, 2.75) is 26.3 Å². The maximum atomic E-state index is 9.10. The molecule has 1 atom stereocenters. The van der Waals surface area contributed by atoms with Gasteiger partial charge in [-0.1, -0.05) is 13.0 Å². The van der Waals surface area contributed by atoms with E-state index in [0.717, 1.165) is 16.6 Å². The molecule has 0 bridgehead atoms. The van der Waals surface area contributed by atoms with Crippen LogP contribution in [0, 0.1) is 11.3 Å². The van der Waals surface area contributed by atoms with E-state index < -0.39 is 0 Å². The Labute approximate surface area is 99.6 Å². The Bertz CT molecular complexity index is 382. The van der Waals surface area contributed by atoms with E-state index in [4.69, 9.17) is 5.26 Å². The first-order valence-corrected chi connectivity index (χ1v) is 5.82. The fourth-order valence-corrected chi connectivity index (χ4v) is 1.87. The van der Waals surface area contributed by atoms with Crippen LogP contribution in [0.5, 0.6) is 0 Å². The summed E-state index contributed by atoms with van der Waals surface area (Å²) in [5, 5.41) is 9.10. The summed E-state index contributed by atoms with van der Waals surface area (Å²) in [6.07, 6.45) is 1.06. The minimum absolute atomic E-state index is 0.436. The van der Waals surface area contributed by atoms with Crippen LogP contribution < -0.4 is 4.90 Å². The second kappa shape index (κ2) is 5.18. The number of halogens is 1. The number of hydrogen-bond acceptors (Lipinski definition) is 2. The van der Waals surface area contributed by atoms with E-state index in [1.807, 2.05) is 25.2 Å². The van der Waals surface area contributed by atoms with E-state index in [1.54, 1.807) is 0 Å². The molecule has 0 aliphatic carbocycles. The van der Waals surface area contributed by atoms with Crippen LogP contribution in [0.3, 0.4) is 0 Å². The van der Waals surface area contributed by atoms with Gasteiger partial charge in [-0.25, -0.2) is 0 Å². The highest BCUT2D eigenvalue weighted by Gasteiger charge is 2.13. The average molecular weight is 267 g/mol. The van der Waals surface area contributed by atoms with Crippen molar-refractivity contribution in [3.05, 3.63) is 28.2 Å². The molecule has 0 heterocycles. The molecular formula is C12H15BrN2. The summed E-state index contributed by atoms with van der Waals surface area (Å²) >= 11 is 3.40. The van der Waals surface area contributed by atoms with Gasteiger partial charge in [0.15, 0.2) is 0 Å². The number of nitriles is 1. The highest BCUT2D eigenvalue weighted by molar-refractivity contribution is 9.10. The van der Waals surface area contributed by atoms with Crippen LogP contribution >= 0.6 is 15.9 Å². The summed E-state index contributed by atoms with van der Waals surface area (Å²) in [6, 6.07) is 8.51. The average Bonchev–Trinajstić information content (AvgIpc) is 2.26. The molecule has 0 saturated heterocycles. The molecule has 0 aliphatic rings. The maximum absolute atomic E-state index is 9.10. The van der Waals surface area contributed by atoms with E-state index in [9.17, 15) is 0 Å². The fraction of sp³-hybridized carbons (Fsp3) is 0.417. The third-order valence-corrected chi connectivity index (χ3v) is 3.40. The third kappa shape index (κ3) is 2.51. The van der Waals surface area contributed by atoms with Crippen LogP contribution in [0.4, 0.5) is 5.69 Å². The Morgan fingerprint density at radius 1 is 1.53 bits per heavy atom. The van der Waals surface area contributed by atoms with Gasteiger partial charge in [-0.05, 0) is 41.4 Å². The molecule has 0 fully saturated rings. The van der Waals surface area contributed by atoms with Crippen LogP contribution in [0.2, 0.25) is 0 Å². The van der Waals surface area contributed by atoms with Crippen molar-refractivity contribution in [1.29, 1.82) is 5.26 Å². The molecule has 0 N–H and O–H groups in total. The summed E-state index contributed by atoms with van der Waals surface area (Å²) in [6.45, 7) is 4.30. The maximum Gasteiger partial charge on any atom is 0.103 e. The van der Waals surface area contributed by atoms with Gasteiger partial charge < -0.3 is 4.90 Å². The van der Waals surface area contributed by atoms with Crippen molar-refractivity contribution in [3.8, 4) is 6.07 Å². The number of hydrogen-bond donors (Lipinski definition) is 0. The lowest BCUT2D eigenvalue weighted by atomic mass is 10.1. The van der Waals surface area contributed by atoms with Gasteiger partial charge in [-0.2, -0.15) is 5.26 Å². The highest BCUT2D eigenvalue weighted by atomic mass is 79.9. The lowest BCUT2D eigenvalue weighted by Crippen LogP contribution is -2.28. The lowest BCUT2D eigenvalue weighted by molar-refractivity contribution is 0.663. The van der Waals surface area contributed by atoms with Gasteiger partial charge in [0.2, 0.25) is 0 Å². The van der Waals surface area contributed by atoms with E-state index in [0.29, 0.717) is 11.6 Å². The van der Waals surface area contributed by atoms with Crippen molar-refractivity contribution < 1.29 is 0 Å². The van der Waals surface area contributed by atoms with Crippen molar-refractivity contribution >= 4 is 21.6 Å². The van der Waals surface area contributed by atoms with Gasteiger partial charge in [0, 0.05) is 17.6 Å². The molecule has 2 nitrogen and oxygen atoms in total. The molecule has 1 unspecified atom stereocenters. The van der Waals surface area contributed by atoms with E-state index >= 15 is 0 Å². The quantitative estimate of drug-likeness (QED) is 0.837. The Kier molecular flexibility index (Phi) is 4.16. The normalized spacial score (nSPS) is 11.9. The van der Waals surface area contributed by atoms with Crippen molar-refractivity contribution in [3.63, 3.8) is 0 Å². The first-order chi connectivity index (χ1) is 7.11. The topological polar surface area (TPSA) is 27.0 Å². The minimum Gasteiger partial charge on any atom is -0.371 e. The van der Waals surface area contributed by atoms with Crippen LogP contribution in [-0.4, -0.2) is 13.1 Å². The smallest absolute Gasteiger partial charge is 0.103 e. The molecule has 1 aromatic rings. The van der Waals surface area contributed by atoms with Gasteiger partial charge in [0.1, 0.15) is 6.07 Å². The van der Waals surface area contributed by atoms with Crippen LogP contribution in [-0.2, 0) is 0 Å². The zero-order valence-corrected chi connectivity index (χ0v) is 10.9. The van der Waals surface area contributed by atoms with Crippen LogP contribution in [0.15, 0.2) is 22.7 Å². The number of anilines is 1. The van der Waals surface area contributed by atoms with Gasteiger partial charge in [0.05, 0.1) is 11.3 Å². The molecule has 0 radical (unpaired) electrons. The van der Waals surface area contributed by atoms with Gasteiger partial charge >= 0.3 is 0 Å². The second-order valence-corrected chi connectivity index (χ2v) is 4.47. The zero-order valence-electron chi connectivity index (χ0n) is 9.29. The zero-order chi connectivity index (χ0) is 11.4. The summed E-state index contributed by atoms with van der Waals surface area (Å²) < 4.78 is 0.859. The van der Waals surface area contributed by atoms with Crippen molar-refractivity contribution in [2.24, 2.45) is 0 Å². The molecule has 0 amide bonds. The molecule has 1 rings (SSSR count). The summed E-state index contributed by atoms with van der Waals surface area (Å²) in [5.41, 5.74) is 1.70. The SMILES string of the molecule is CCC(C)N(C)c1cccc(Br)c1C#N. The number of benzene rings is 1. The van der Waals surface area contributed by atoms with Crippen molar-refractivity contribution in [2.75, 3.05) is 11.9 Å². The largest absolute Gasteiger partial charge is 0.371 e. The predicted molar refractivity (Wildman–Crippen MR) is 67.0 cm³/mol. The van der Waals surface area contributed by atoms with Gasteiger partial charge in [0.25, 0.3) is 0 Å². The summed E-state index contributed by atoms with van der Waals surface area (Å²) in [4.78, 5) is 2.14. The molecule has 0 aromatic heterocycles. The molecule has 3 heteroatoms. The molecule has 1 aromatic carbocycles. The predicted octanol–water partition coefficient (Wildman–Crippen LogP) is 3.56. The molecular weight excluding hydrogens is 252 g/mol. The van der Waals surface area contributed by atoms with Gasteiger partial charge in [-0.15, -0.1) is 0 Å². The Morgan fingerprint density at radius 2 is 2.20 bits per heavy atom. The Hall–Kier alpha value is -1.01. The first kappa shape index (κ1) is 12.1. The number of rotatable bonds is 3. The van der Waals surface area contributed by atoms with Crippen LogP contribution in [0.1, 0.15) is 25.8 Å². The standard InChI is InChI=1S/C12H15BrN2/c1-4-9(2)15(3)12-7-5-6-11(13)10(12)8-14/h5-7,9H,4H2,1-3H3. The summed E-state index contributed by atoms with van der Waals surface area (Å²) in [5.74, 6) is 0. The van der Waals surface area contributed by atoms with E-state index in [-0.39, 0.29) is 0 Å². The minimum atomic E-state index is 0.436. The van der Waals surface area contributed by atoms with Gasteiger partial charge in [-0.3, -0.25) is 0 Å². The molecule has 0 aliphatic heterocycles.